The van der Waals surface area contributed by atoms with Gasteiger partial charge in [-0.2, -0.15) is 0 Å². The van der Waals surface area contributed by atoms with Crippen molar-refractivity contribution in [2.45, 2.75) is 12.6 Å². The molecule has 0 spiro atoms. The van der Waals surface area contributed by atoms with Gasteiger partial charge in [0.15, 0.2) is 0 Å². The smallest absolute Gasteiger partial charge is 0.0732 e. The molecule has 3 heteroatoms. The summed E-state index contributed by atoms with van der Waals surface area (Å²) in [7, 11) is 0. The van der Waals surface area contributed by atoms with Crippen molar-refractivity contribution in [3.05, 3.63) is 70.9 Å². The molecule has 0 saturated carbocycles. The van der Waals surface area contributed by atoms with Crippen LogP contribution in [0.15, 0.2) is 54.6 Å². The van der Waals surface area contributed by atoms with E-state index in [9.17, 15) is 0 Å². The molecule has 1 aromatic heterocycles. The van der Waals surface area contributed by atoms with Gasteiger partial charge in [-0.3, -0.25) is 0 Å². The first-order chi connectivity index (χ1) is 9.83. The fourth-order valence-electron chi connectivity index (χ4n) is 3.09. The third kappa shape index (κ3) is 1.84. The third-order valence-electron chi connectivity index (χ3n) is 4.03. The summed E-state index contributed by atoms with van der Waals surface area (Å²) < 4.78 is 2.42. The highest BCUT2D eigenvalue weighted by atomic mass is 35.5. The average Bonchev–Trinajstić information content (AvgIpc) is 2.87. The zero-order valence-corrected chi connectivity index (χ0v) is 11.8. The van der Waals surface area contributed by atoms with Gasteiger partial charge in [0, 0.05) is 29.3 Å². The van der Waals surface area contributed by atoms with Crippen molar-refractivity contribution in [3.63, 3.8) is 0 Å². The molecule has 3 aromatic rings. The number of aromatic nitrogens is 1. The number of benzene rings is 2. The highest BCUT2D eigenvalue weighted by molar-refractivity contribution is 6.30. The second kappa shape index (κ2) is 4.65. The summed E-state index contributed by atoms with van der Waals surface area (Å²) in [5, 5.41) is 5.70. The van der Waals surface area contributed by atoms with Gasteiger partial charge in [0.25, 0.3) is 0 Å². The van der Waals surface area contributed by atoms with E-state index >= 15 is 0 Å². The largest absolute Gasteiger partial charge is 0.341 e. The van der Waals surface area contributed by atoms with E-state index in [4.69, 9.17) is 11.6 Å². The predicted octanol–water partition coefficient (Wildman–Crippen LogP) is 3.99. The molecule has 0 amide bonds. The highest BCUT2D eigenvalue weighted by Gasteiger charge is 2.23. The number of nitrogens with one attached hydrogen (secondary N) is 1. The Hall–Kier alpha value is -1.77. The van der Waals surface area contributed by atoms with Gasteiger partial charge in [-0.1, -0.05) is 41.9 Å². The van der Waals surface area contributed by atoms with E-state index in [0.717, 1.165) is 18.1 Å². The van der Waals surface area contributed by atoms with E-state index in [1.165, 1.54) is 22.2 Å². The van der Waals surface area contributed by atoms with Gasteiger partial charge in [-0.25, -0.2) is 0 Å². The Morgan fingerprint density at radius 2 is 1.85 bits per heavy atom. The lowest BCUT2D eigenvalue weighted by Crippen LogP contribution is -2.33. The second-order valence-corrected chi connectivity index (χ2v) is 5.65. The van der Waals surface area contributed by atoms with Gasteiger partial charge in [0.2, 0.25) is 0 Å². The molecule has 20 heavy (non-hydrogen) atoms. The first-order valence-electron chi connectivity index (χ1n) is 6.90. The number of para-hydroxylation sites is 1. The summed E-state index contributed by atoms with van der Waals surface area (Å²) in [6, 6.07) is 19.2. The van der Waals surface area contributed by atoms with Gasteiger partial charge in [-0.15, -0.1) is 0 Å². The van der Waals surface area contributed by atoms with Crippen molar-refractivity contribution in [2.24, 2.45) is 0 Å². The van der Waals surface area contributed by atoms with Crippen LogP contribution in [0.3, 0.4) is 0 Å². The van der Waals surface area contributed by atoms with Crippen molar-refractivity contribution in [1.82, 2.24) is 9.88 Å². The van der Waals surface area contributed by atoms with Crippen molar-refractivity contribution < 1.29 is 0 Å². The van der Waals surface area contributed by atoms with Crippen LogP contribution in [-0.4, -0.2) is 11.1 Å². The Labute approximate surface area is 123 Å². The monoisotopic (exact) mass is 282 g/mol. The van der Waals surface area contributed by atoms with Crippen molar-refractivity contribution in [1.29, 1.82) is 0 Å². The minimum atomic E-state index is 0.244. The first kappa shape index (κ1) is 12.0. The van der Waals surface area contributed by atoms with Crippen molar-refractivity contribution in [2.75, 3.05) is 6.54 Å². The Bertz CT molecular complexity index is 758. The molecule has 1 aliphatic heterocycles. The molecule has 1 atom stereocenters. The molecule has 4 rings (SSSR count). The van der Waals surface area contributed by atoms with Gasteiger partial charge >= 0.3 is 0 Å². The quantitative estimate of drug-likeness (QED) is 0.714. The van der Waals surface area contributed by atoms with E-state index in [-0.39, 0.29) is 6.04 Å². The summed E-state index contributed by atoms with van der Waals surface area (Å²) in [5.41, 5.74) is 3.92. The number of halogens is 1. The van der Waals surface area contributed by atoms with Gasteiger partial charge in [0.05, 0.1) is 6.04 Å². The van der Waals surface area contributed by atoms with Gasteiger partial charge in [-0.05, 0) is 35.2 Å². The number of hydrogen-bond acceptors (Lipinski definition) is 1. The third-order valence-corrected chi connectivity index (χ3v) is 4.28. The van der Waals surface area contributed by atoms with Crippen molar-refractivity contribution >= 4 is 22.5 Å². The molecule has 0 bridgehead atoms. The Morgan fingerprint density at radius 3 is 2.70 bits per heavy atom. The van der Waals surface area contributed by atoms with Crippen LogP contribution in [0, 0.1) is 0 Å². The number of rotatable bonds is 1. The molecule has 1 unspecified atom stereocenters. The summed E-state index contributed by atoms with van der Waals surface area (Å²) in [4.78, 5) is 0. The van der Waals surface area contributed by atoms with Crippen LogP contribution in [0.5, 0.6) is 0 Å². The maximum Gasteiger partial charge on any atom is 0.0732 e. The van der Waals surface area contributed by atoms with Crippen LogP contribution >= 0.6 is 11.6 Å². The van der Waals surface area contributed by atoms with E-state index in [1.807, 2.05) is 12.1 Å². The van der Waals surface area contributed by atoms with Crippen LogP contribution in [0.25, 0.3) is 10.9 Å². The number of hydrogen-bond donors (Lipinski definition) is 1. The lowest BCUT2D eigenvalue weighted by Gasteiger charge is -2.27. The molecular weight excluding hydrogens is 268 g/mol. The first-order valence-corrected chi connectivity index (χ1v) is 7.28. The molecule has 2 nitrogen and oxygen atoms in total. The standard InChI is InChI=1S/C17H15ClN2/c18-14-7-5-12(6-8-14)17-16-11-13-3-1-2-4-15(13)20(16)10-9-19-17/h1-8,11,17,19H,9-10H2. The second-order valence-electron chi connectivity index (χ2n) is 5.22. The molecule has 1 aliphatic rings. The molecule has 0 saturated heterocycles. The lowest BCUT2D eigenvalue weighted by molar-refractivity contribution is 0.475. The highest BCUT2D eigenvalue weighted by Crippen LogP contribution is 2.31. The molecule has 0 radical (unpaired) electrons. The van der Waals surface area contributed by atoms with Crippen LogP contribution in [0.4, 0.5) is 0 Å². The Kier molecular flexibility index (Phi) is 2.79. The molecule has 1 N–H and O–H groups in total. The number of fused-ring (bicyclic) bond motifs is 3. The minimum Gasteiger partial charge on any atom is -0.341 e. The average molecular weight is 283 g/mol. The molecule has 0 aliphatic carbocycles. The lowest BCUT2D eigenvalue weighted by atomic mass is 10.0. The summed E-state index contributed by atoms with van der Waals surface area (Å²) in [6.07, 6.45) is 0. The maximum atomic E-state index is 5.99. The van der Waals surface area contributed by atoms with E-state index in [2.05, 4.69) is 52.3 Å². The zero-order chi connectivity index (χ0) is 13.5. The summed E-state index contributed by atoms with van der Waals surface area (Å²) >= 11 is 5.99. The molecule has 2 heterocycles. The summed E-state index contributed by atoms with van der Waals surface area (Å²) in [5.74, 6) is 0. The Balaban J connectivity index is 1.87. The SMILES string of the molecule is Clc1ccc(C2NCCn3c2cc2ccccc23)cc1. The fraction of sp³-hybridized carbons (Fsp3) is 0.176. The van der Waals surface area contributed by atoms with Crippen molar-refractivity contribution in [3.8, 4) is 0 Å². The molecular formula is C17H15ClN2. The summed E-state index contributed by atoms with van der Waals surface area (Å²) in [6.45, 7) is 2.01. The maximum absolute atomic E-state index is 5.99. The van der Waals surface area contributed by atoms with E-state index in [1.54, 1.807) is 0 Å². The molecule has 2 aromatic carbocycles. The van der Waals surface area contributed by atoms with Crippen LogP contribution in [0.2, 0.25) is 5.02 Å². The van der Waals surface area contributed by atoms with Crippen LogP contribution in [-0.2, 0) is 6.54 Å². The van der Waals surface area contributed by atoms with Gasteiger partial charge in [0.1, 0.15) is 0 Å². The van der Waals surface area contributed by atoms with Crippen LogP contribution in [0.1, 0.15) is 17.3 Å². The fourth-order valence-corrected chi connectivity index (χ4v) is 3.22. The van der Waals surface area contributed by atoms with Crippen LogP contribution < -0.4 is 5.32 Å². The van der Waals surface area contributed by atoms with Gasteiger partial charge < -0.3 is 9.88 Å². The molecule has 0 fully saturated rings. The van der Waals surface area contributed by atoms with E-state index in [0.29, 0.717) is 0 Å². The van der Waals surface area contributed by atoms with E-state index < -0.39 is 0 Å². The normalized spacial score (nSPS) is 18.1. The molecule has 100 valence electrons. The predicted molar refractivity (Wildman–Crippen MR) is 83.2 cm³/mol. The zero-order valence-electron chi connectivity index (χ0n) is 11.0. The minimum absolute atomic E-state index is 0.244. The number of nitrogens with zero attached hydrogens (tertiary/aromatic N) is 1. The topological polar surface area (TPSA) is 17.0 Å². The Morgan fingerprint density at radius 1 is 1.05 bits per heavy atom.